The molecule has 5 nitrogen and oxygen atoms in total. The van der Waals surface area contributed by atoms with Crippen molar-refractivity contribution in [1.82, 2.24) is 10.6 Å². The summed E-state index contributed by atoms with van der Waals surface area (Å²) in [6, 6.07) is -0.205. The van der Waals surface area contributed by atoms with Gasteiger partial charge in [-0.05, 0) is 20.3 Å². The fraction of sp³-hybridized carbons (Fsp3) is 0.909. The molecular weight excluding hydrogens is 208 g/mol. The van der Waals surface area contributed by atoms with Crippen LogP contribution >= 0.6 is 0 Å². The van der Waals surface area contributed by atoms with E-state index in [1.54, 1.807) is 7.11 Å². The van der Waals surface area contributed by atoms with Gasteiger partial charge in [0.05, 0.1) is 19.3 Å². The minimum Gasteiger partial charge on any atom is -0.383 e. The zero-order chi connectivity index (χ0) is 12.0. The Morgan fingerprint density at radius 3 is 2.94 bits per heavy atom. The molecule has 2 atom stereocenters. The Balaban J connectivity index is 2.27. The van der Waals surface area contributed by atoms with Gasteiger partial charge >= 0.3 is 0 Å². The molecule has 0 bridgehead atoms. The lowest BCUT2D eigenvalue weighted by Crippen LogP contribution is -2.53. The van der Waals surface area contributed by atoms with E-state index in [0.29, 0.717) is 19.8 Å². The molecule has 2 unspecified atom stereocenters. The van der Waals surface area contributed by atoms with Gasteiger partial charge < -0.3 is 14.8 Å². The molecule has 1 amide bonds. The van der Waals surface area contributed by atoms with Crippen LogP contribution in [0.4, 0.5) is 0 Å². The molecule has 0 aromatic heterocycles. The van der Waals surface area contributed by atoms with Gasteiger partial charge in [0.15, 0.2) is 0 Å². The number of hydrogen-bond acceptors (Lipinski definition) is 4. The SMILES string of the molecule is COCCNC(=O)C(C)NC1(C)CCOC1. The van der Waals surface area contributed by atoms with Crippen molar-refractivity contribution < 1.29 is 14.3 Å². The highest BCUT2D eigenvalue weighted by atomic mass is 16.5. The highest BCUT2D eigenvalue weighted by molar-refractivity contribution is 5.81. The number of ether oxygens (including phenoxy) is 2. The van der Waals surface area contributed by atoms with Crippen LogP contribution in [0.3, 0.4) is 0 Å². The summed E-state index contributed by atoms with van der Waals surface area (Å²) in [5.74, 6) is 0.00479. The molecule has 1 aliphatic heterocycles. The van der Waals surface area contributed by atoms with Crippen molar-refractivity contribution in [2.45, 2.75) is 31.8 Å². The summed E-state index contributed by atoms with van der Waals surface area (Å²) in [5, 5.41) is 6.11. The van der Waals surface area contributed by atoms with Crippen LogP contribution in [0.25, 0.3) is 0 Å². The molecule has 0 spiro atoms. The first kappa shape index (κ1) is 13.4. The van der Waals surface area contributed by atoms with Gasteiger partial charge in [-0.25, -0.2) is 0 Å². The van der Waals surface area contributed by atoms with Crippen molar-refractivity contribution in [1.29, 1.82) is 0 Å². The summed E-state index contributed by atoms with van der Waals surface area (Å²) in [7, 11) is 1.62. The number of nitrogens with one attached hydrogen (secondary N) is 2. The van der Waals surface area contributed by atoms with E-state index in [1.807, 2.05) is 6.92 Å². The van der Waals surface area contributed by atoms with E-state index in [9.17, 15) is 4.79 Å². The van der Waals surface area contributed by atoms with E-state index in [0.717, 1.165) is 13.0 Å². The van der Waals surface area contributed by atoms with E-state index >= 15 is 0 Å². The quantitative estimate of drug-likeness (QED) is 0.626. The summed E-state index contributed by atoms with van der Waals surface area (Å²) >= 11 is 0. The molecule has 1 heterocycles. The molecule has 1 saturated heterocycles. The fourth-order valence-corrected chi connectivity index (χ4v) is 1.80. The van der Waals surface area contributed by atoms with Crippen molar-refractivity contribution in [3.05, 3.63) is 0 Å². The van der Waals surface area contributed by atoms with E-state index in [2.05, 4.69) is 17.6 Å². The maximum atomic E-state index is 11.7. The van der Waals surface area contributed by atoms with Crippen LogP contribution < -0.4 is 10.6 Å². The second-order valence-corrected chi connectivity index (χ2v) is 4.51. The second-order valence-electron chi connectivity index (χ2n) is 4.51. The summed E-state index contributed by atoms with van der Waals surface area (Å²) in [4.78, 5) is 11.7. The highest BCUT2D eigenvalue weighted by Gasteiger charge is 2.32. The average Bonchev–Trinajstić information content (AvgIpc) is 2.65. The van der Waals surface area contributed by atoms with Gasteiger partial charge in [-0.15, -0.1) is 0 Å². The zero-order valence-electron chi connectivity index (χ0n) is 10.3. The van der Waals surface area contributed by atoms with Gasteiger partial charge in [-0.3, -0.25) is 10.1 Å². The molecule has 0 aromatic carbocycles. The molecule has 94 valence electrons. The third-order valence-electron chi connectivity index (χ3n) is 2.78. The van der Waals surface area contributed by atoms with Crippen LogP contribution in [-0.2, 0) is 14.3 Å². The Hall–Kier alpha value is -0.650. The Kier molecular flexibility index (Phi) is 5.18. The van der Waals surface area contributed by atoms with Crippen LogP contribution in [0, 0.1) is 0 Å². The minimum absolute atomic E-state index is 0.00479. The third kappa shape index (κ3) is 4.08. The molecule has 0 saturated carbocycles. The lowest BCUT2D eigenvalue weighted by Gasteiger charge is -2.27. The normalized spacial score (nSPS) is 26.7. The summed E-state index contributed by atoms with van der Waals surface area (Å²) in [5.41, 5.74) is -0.0714. The molecule has 16 heavy (non-hydrogen) atoms. The van der Waals surface area contributed by atoms with Gasteiger partial charge in [0.25, 0.3) is 0 Å². The number of rotatable bonds is 6. The first-order valence-electron chi connectivity index (χ1n) is 5.69. The van der Waals surface area contributed by atoms with E-state index in [1.165, 1.54) is 0 Å². The average molecular weight is 230 g/mol. The van der Waals surface area contributed by atoms with E-state index in [-0.39, 0.29) is 17.5 Å². The molecule has 0 radical (unpaired) electrons. The third-order valence-corrected chi connectivity index (χ3v) is 2.78. The molecule has 1 fully saturated rings. The summed E-state index contributed by atoms with van der Waals surface area (Å²) in [6.07, 6.45) is 0.947. The largest absolute Gasteiger partial charge is 0.383 e. The number of carbonyl (C=O) groups excluding carboxylic acids is 1. The smallest absolute Gasteiger partial charge is 0.236 e. The lowest BCUT2D eigenvalue weighted by atomic mass is 10.0. The molecular formula is C11H22N2O3. The number of amides is 1. The molecule has 1 aliphatic rings. The van der Waals surface area contributed by atoms with Crippen molar-refractivity contribution in [2.75, 3.05) is 33.5 Å². The minimum atomic E-state index is -0.205. The van der Waals surface area contributed by atoms with Gasteiger partial charge in [0, 0.05) is 25.8 Å². The fourth-order valence-electron chi connectivity index (χ4n) is 1.80. The van der Waals surface area contributed by atoms with Crippen LogP contribution in [0.15, 0.2) is 0 Å². The first-order chi connectivity index (χ1) is 7.57. The second kappa shape index (κ2) is 6.18. The maximum absolute atomic E-state index is 11.7. The highest BCUT2D eigenvalue weighted by Crippen LogP contribution is 2.17. The van der Waals surface area contributed by atoms with Crippen LogP contribution in [0.2, 0.25) is 0 Å². The van der Waals surface area contributed by atoms with Crippen LogP contribution in [0.1, 0.15) is 20.3 Å². The summed E-state index contributed by atoms with van der Waals surface area (Å²) < 4.78 is 10.2. The van der Waals surface area contributed by atoms with E-state index < -0.39 is 0 Å². The molecule has 0 aliphatic carbocycles. The maximum Gasteiger partial charge on any atom is 0.236 e. The van der Waals surface area contributed by atoms with Crippen molar-refractivity contribution in [3.63, 3.8) is 0 Å². The molecule has 2 N–H and O–H groups in total. The molecule has 1 rings (SSSR count). The number of methoxy groups -OCH3 is 1. The van der Waals surface area contributed by atoms with Crippen molar-refractivity contribution in [2.24, 2.45) is 0 Å². The topological polar surface area (TPSA) is 59.6 Å². The summed E-state index contributed by atoms with van der Waals surface area (Å²) in [6.45, 7) is 6.47. The number of hydrogen-bond donors (Lipinski definition) is 2. The van der Waals surface area contributed by atoms with Crippen molar-refractivity contribution in [3.8, 4) is 0 Å². The van der Waals surface area contributed by atoms with Crippen LogP contribution in [0.5, 0.6) is 0 Å². The first-order valence-corrected chi connectivity index (χ1v) is 5.69. The van der Waals surface area contributed by atoms with Crippen LogP contribution in [-0.4, -0.2) is 51.0 Å². The molecule has 0 aromatic rings. The Bertz CT molecular complexity index is 227. The van der Waals surface area contributed by atoms with Crippen molar-refractivity contribution >= 4 is 5.91 Å². The van der Waals surface area contributed by atoms with E-state index in [4.69, 9.17) is 9.47 Å². The lowest BCUT2D eigenvalue weighted by molar-refractivity contribution is -0.123. The monoisotopic (exact) mass is 230 g/mol. The predicted molar refractivity (Wildman–Crippen MR) is 61.3 cm³/mol. The Labute approximate surface area is 96.9 Å². The number of carbonyl (C=O) groups is 1. The predicted octanol–water partition coefficient (Wildman–Crippen LogP) is -0.0939. The zero-order valence-corrected chi connectivity index (χ0v) is 10.3. The van der Waals surface area contributed by atoms with Gasteiger partial charge in [-0.2, -0.15) is 0 Å². The Morgan fingerprint density at radius 2 is 2.38 bits per heavy atom. The standard InChI is InChI=1S/C11H22N2O3/c1-9(10(14)12-5-7-15-3)13-11(2)4-6-16-8-11/h9,13H,4-8H2,1-3H3,(H,12,14). The van der Waals surface area contributed by atoms with Gasteiger partial charge in [-0.1, -0.05) is 0 Å². The van der Waals surface area contributed by atoms with Gasteiger partial charge in [0.1, 0.15) is 0 Å². The van der Waals surface area contributed by atoms with Gasteiger partial charge in [0.2, 0.25) is 5.91 Å². The Morgan fingerprint density at radius 1 is 1.62 bits per heavy atom. The molecule has 5 heteroatoms.